The number of carbonyl (C=O) groups is 2. The molecule has 2 N–H and O–H groups in total. The van der Waals surface area contributed by atoms with Crippen LogP contribution in [-0.4, -0.2) is 39.2 Å². The first-order chi connectivity index (χ1) is 9.52. The summed E-state index contributed by atoms with van der Waals surface area (Å²) in [6, 6.07) is 6.77. The average Bonchev–Trinajstić information content (AvgIpc) is 2.46. The fraction of sp³-hybridized carbons (Fsp3) is 0.0769. The Morgan fingerprint density at radius 1 is 1.15 bits per heavy atom. The third-order valence-corrected chi connectivity index (χ3v) is 2.54. The molecule has 0 atom stereocenters. The molecule has 1 aromatic heterocycles. The van der Waals surface area contributed by atoms with Gasteiger partial charge < -0.3 is 14.9 Å². The molecule has 0 saturated heterocycles. The van der Waals surface area contributed by atoms with E-state index in [2.05, 4.69) is 9.97 Å². The first-order valence-corrected chi connectivity index (χ1v) is 5.51. The molecule has 0 aliphatic heterocycles. The van der Waals surface area contributed by atoms with E-state index in [1.54, 1.807) is 24.3 Å². The van der Waals surface area contributed by atoms with Crippen molar-refractivity contribution >= 4 is 11.9 Å². The first-order valence-electron chi connectivity index (χ1n) is 5.51. The molecule has 7 heteroatoms. The highest BCUT2D eigenvalue weighted by molar-refractivity contribution is 5.99. The van der Waals surface area contributed by atoms with Crippen molar-refractivity contribution in [3.8, 4) is 17.0 Å². The molecule has 7 nitrogen and oxygen atoms in total. The second kappa shape index (κ2) is 5.35. The summed E-state index contributed by atoms with van der Waals surface area (Å²) in [4.78, 5) is 29.4. The molecule has 0 aliphatic carbocycles. The van der Waals surface area contributed by atoms with Crippen LogP contribution in [0.4, 0.5) is 0 Å². The lowest BCUT2D eigenvalue weighted by molar-refractivity contribution is 0.0641. The van der Waals surface area contributed by atoms with Crippen LogP contribution in [0, 0.1) is 0 Å². The van der Waals surface area contributed by atoms with Crippen LogP contribution in [0.15, 0.2) is 30.5 Å². The Morgan fingerprint density at radius 3 is 2.45 bits per heavy atom. The Bertz CT molecular complexity index is 684. The molecule has 2 rings (SSSR count). The zero-order chi connectivity index (χ0) is 14.7. The maximum atomic E-state index is 11.0. The predicted molar refractivity (Wildman–Crippen MR) is 67.9 cm³/mol. The number of nitrogens with zero attached hydrogens (tertiary/aromatic N) is 2. The number of hydrogen-bond acceptors (Lipinski definition) is 5. The Hall–Kier alpha value is -2.96. The number of aromatic carboxylic acids is 2. The largest absolute Gasteiger partial charge is 0.497 e. The number of hydrogen-bond donors (Lipinski definition) is 2. The highest BCUT2D eigenvalue weighted by atomic mass is 16.5. The molecule has 102 valence electrons. The van der Waals surface area contributed by atoms with Gasteiger partial charge in [-0.1, -0.05) is 12.1 Å². The monoisotopic (exact) mass is 274 g/mol. The van der Waals surface area contributed by atoms with E-state index in [-0.39, 0.29) is 5.69 Å². The lowest BCUT2D eigenvalue weighted by Crippen LogP contribution is -2.13. The minimum Gasteiger partial charge on any atom is -0.497 e. The molecule has 20 heavy (non-hydrogen) atoms. The van der Waals surface area contributed by atoms with Crippen molar-refractivity contribution in [2.75, 3.05) is 7.11 Å². The maximum Gasteiger partial charge on any atom is 0.357 e. The van der Waals surface area contributed by atoms with Crippen molar-refractivity contribution < 1.29 is 24.5 Å². The summed E-state index contributed by atoms with van der Waals surface area (Å²) >= 11 is 0. The van der Waals surface area contributed by atoms with Crippen LogP contribution in [0.3, 0.4) is 0 Å². The molecular formula is C13H10N2O5. The van der Waals surface area contributed by atoms with E-state index in [1.807, 2.05) is 0 Å². The quantitative estimate of drug-likeness (QED) is 0.870. The number of methoxy groups -OCH3 is 1. The van der Waals surface area contributed by atoms with Gasteiger partial charge in [0.05, 0.1) is 19.0 Å². The Labute approximate surface area is 113 Å². The van der Waals surface area contributed by atoms with Gasteiger partial charge >= 0.3 is 11.9 Å². The summed E-state index contributed by atoms with van der Waals surface area (Å²) in [5.41, 5.74) is -0.357. The molecule has 0 bridgehead atoms. The normalized spacial score (nSPS) is 10.1. The highest BCUT2D eigenvalue weighted by Gasteiger charge is 2.20. The van der Waals surface area contributed by atoms with Crippen molar-refractivity contribution in [1.82, 2.24) is 9.97 Å². The highest BCUT2D eigenvalue weighted by Crippen LogP contribution is 2.22. The van der Waals surface area contributed by atoms with Gasteiger partial charge in [0.25, 0.3) is 0 Å². The van der Waals surface area contributed by atoms with Crippen molar-refractivity contribution in [1.29, 1.82) is 0 Å². The number of carboxylic acids is 2. The molecule has 0 aliphatic rings. The molecule has 1 heterocycles. The van der Waals surface area contributed by atoms with Gasteiger partial charge in [-0.25, -0.2) is 19.6 Å². The fourth-order valence-corrected chi connectivity index (χ4v) is 1.62. The second-order valence-electron chi connectivity index (χ2n) is 3.79. The molecule has 0 saturated carbocycles. The Kier molecular flexibility index (Phi) is 3.60. The molecule has 0 unspecified atom stereocenters. The molecule has 0 fully saturated rings. The van der Waals surface area contributed by atoms with Crippen LogP contribution in [0.2, 0.25) is 0 Å². The molecule has 0 amide bonds. The topological polar surface area (TPSA) is 110 Å². The fourth-order valence-electron chi connectivity index (χ4n) is 1.62. The van der Waals surface area contributed by atoms with Crippen LogP contribution in [0.5, 0.6) is 5.75 Å². The number of rotatable bonds is 4. The van der Waals surface area contributed by atoms with Crippen LogP contribution in [0.1, 0.15) is 21.0 Å². The molecule has 1 aromatic carbocycles. The van der Waals surface area contributed by atoms with E-state index in [4.69, 9.17) is 14.9 Å². The number of aromatic nitrogens is 2. The summed E-state index contributed by atoms with van der Waals surface area (Å²) in [7, 11) is 1.50. The lowest BCUT2D eigenvalue weighted by atomic mass is 10.1. The second-order valence-corrected chi connectivity index (χ2v) is 3.79. The van der Waals surface area contributed by atoms with E-state index >= 15 is 0 Å². The lowest BCUT2D eigenvalue weighted by Gasteiger charge is -2.06. The third-order valence-electron chi connectivity index (χ3n) is 2.54. The van der Waals surface area contributed by atoms with E-state index in [0.29, 0.717) is 11.3 Å². The van der Waals surface area contributed by atoms with Gasteiger partial charge in [-0.15, -0.1) is 0 Å². The SMILES string of the molecule is COc1cccc(-c2cnc(C(=O)O)c(C(=O)O)n2)c1. The zero-order valence-electron chi connectivity index (χ0n) is 10.4. The van der Waals surface area contributed by atoms with Gasteiger partial charge in [0.1, 0.15) is 5.75 Å². The standard InChI is InChI=1S/C13H10N2O5/c1-20-8-4-2-3-7(5-8)9-6-14-10(12(16)17)11(15-9)13(18)19/h2-6H,1H3,(H,16,17)(H,18,19). The van der Waals surface area contributed by atoms with Crippen LogP contribution >= 0.6 is 0 Å². The van der Waals surface area contributed by atoms with Gasteiger partial charge in [0.2, 0.25) is 0 Å². The molecular weight excluding hydrogens is 264 g/mol. The minimum atomic E-state index is -1.44. The third kappa shape index (κ3) is 2.56. The van der Waals surface area contributed by atoms with Gasteiger partial charge in [-0.2, -0.15) is 0 Å². The van der Waals surface area contributed by atoms with Crippen molar-refractivity contribution in [2.24, 2.45) is 0 Å². The smallest absolute Gasteiger partial charge is 0.357 e. The number of carboxylic acid groups (broad SMARTS) is 2. The van der Waals surface area contributed by atoms with E-state index in [0.717, 1.165) is 0 Å². The van der Waals surface area contributed by atoms with Gasteiger partial charge in [0.15, 0.2) is 11.4 Å². The maximum absolute atomic E-state index is 11.0. The van der Waals surface area contributed by atoms with Gasteiger partial charge in [-0.3, -0.25) is 0 Å². The summed E-state index contributed by atoms with van der Waals surface area (Å²) in [6.07, 6.45) is 1.21. The molecule has 0 radical (unpaired) electrons. The van der Waals surface area contributed by atoms with Crippen molar-refractivity contribution in [3.05, 3.63) is 41.9 Å². The van der Waals surface area contributed by atoms with E-state index in [9.17, 15) is 9.59 Å². The molecule has 0 spiro atoms. The Balaban J connectivity index is 2.55. The summed E-state index contributed by atoms with van der Waals surface area (Å²) < 4.78 is 5.06. The van der Waals surface area contributed by atoms with Gasteiger partial charge in [0, 0.05) is 5.56 Å². The predicted octanol–water partition coefficient (Wildman–Crippen LogP) is 1.55. The Morgan fingerprint density at radius 2 is 1.85 bits per heavy atom. The summed E-state index contributed by atoms with van der Waals surface area (Å²) in [6.45, 7) is 0. The van der Waals surface area contributed by atoms with E-state index < -0.39 is 23.3 Å². The average molecular weight is 274 g/mol. The van der Waals surface area contributed by atoms with Crippen LogP contribution in [-0.2, 0) is 0 Å². The van der Waals surface area contributed by atoms with Crippen molar-refractivity contribution in [2.45, 2.75) is 0 Å². The minimum absolute atomic E-state index is 0.256. The zero-order valence-corrected chi connectivity index (χ0v) is 10.4. The van der Waals surface area contributed by atoms with Crippen molar-refractivity contribution in [3.63, 3.8) is 0 Å². The molecule has 2 aromatic rings. The first kappa shape index (κ1) is 13.5. The summed E-state index contributed by atoms with van der Waals surface area (Å²) in [5.74, 6) is -2.31. The van der Waals surface area contributed by atoms with Crippen LogP contribution in [0.25, 0.3) is 11.3 Å². The summed E-state index contributed by atoms with van der Waals surface area (Å²) in [5, 5.41) is 17.9. The van der Waals surface area contributed by atoms with Gasteiger partial charge in [-0.05, 0) is 12.1 Å². The van der Waals surface area contributed by atoms with E-state index in [1.165, 1.54) is 13.3 Å². The number of ether oxygens (including phenoxy) is 1. The van der Waals surface area contributed by atoms with Crippen LogP contribution < -0.4 is 4.74 Å². The number of benzene rings is 1.